The first kappa shape index (κ1) is 27.2. The van der Waals surface area contributed by atoms with Gasteiger partial charge in [-0.15, -0.1) is 24.0 Å². The fourth-order valence-corrected chi connectivity index (χ4v) is 3.79. The van der Waals surface area contributed by atoms with E-state index in [0.717, 1.165) is 74.9 Å². The van der Waals surface area contributed by atoms with Gasteiger partial charge in [0.25, 0.3) is 0 Å². The molecule has 1 N–H and O–H groups in total. The zero-order valence-corrected chi connectivity index (χ0v) is 22.2. The van der Waals surface area contributed by atoms with Gasteiger partial charge in [-0.2, -0.15) is 0 Å². The van der Waals surface area contributed by atoms with Crippen LogP contribution in [0.5, 0.6) is 11.5 Å². The highest BCUT2D eigenvalue weighted by atomic mass is 127. The van der Waals surface area contributed by atoms with Crippen molar-refractivity contribution in [3.05, 3.63) is 60.2 Å². The van der Waals surface area contributed by atoms with Crippen molar-refractivity contribution in [2.45, 2.75) is 45.3 Å². The number of nitrogens with one attached hydrogen (secondary N) is 1. The number of halogens is 1. The predicted molar refractivity (Wildman–Crippen MR) is 145 cm³/mol. The van der Waals surface area contributed by atoms with E-state index in [2.05, 4.69) is 34.3 Å². The van der Waals surface area contributed by atoms with Gasteiger partial charge in [0.1, 0.15) is 18.1 Å². The Hall–Kier alpha value is -2.00. The van der Waals surface area contributed by atoms with Crippen LogP contribution in [0.4, 0.5) is 0 Å². The molecule has 182 valence electrons. The van der Waals surface area contributed by atoms with Crippen molar-refractivity contribution in [1.29, 1.82) is 0 Å². The van der Waals surface area contributed by atoms with Crippen LogP contribution in [0.25, 0.3) is 0 Å². The Morgan fingerprint density at radius 2 is 1.64 bits per heavy atom. The molecule has 2 aromatic rings. The van der Waals surface area contributed by atoms with E-state index in [1.807, 2.05) is 49.5 Å². The van der Waals surface area contributed by atoms with Gasteiger partial charge in [0.2, 0.25) is 0 Å². The minimum Gasteiger partial charge on any atom is -0.494 e. The Bertz CT molecular complexity index is 794. The van der Waals surface area contributed by atoms with Crippen LogP contribution >= 0.6 is 24.0 Å². The number of benzene rings is 2. The van der Waals surface area contributed by atoms with E-state index in [1.165, 1.54) is 0 Å². The third-order valence-electron chi connectivity index (χ3n) is 5.55. The number of guanidine groups is 1. The van der Waals surface area contributed by atoms with Gasteiger partial charge in [-0.1, -0.05) is 30.3 Å². The zero-order valence-electron chi connectivity index (χ0n) is 19.9. The molecule has 6 nitrogen and oxygen atoms in total. The minimum absolute atomic E-state index is 0. The molecule has 0 radical (unpaired) electrons. The van der Waals surface area contributed by atoms with E-state index < -0.39 is 0 Å². The normalized spacial score (nSPS) is 14.5. The molecule has 0 saturated carbocycles. The van der Waals surface area contributed by atoms with Crippen molar-refractivity contribution in [2.24, 2.45) is 4.99 Å². The second kappa shape index (κ2) is 15.8. The van der Waals surface area contributed by atoms with Gasteiger partial charge >= 0.3 is 0 Å². The third-order valence-corrected chi connectivity index (χ3v) is 5.55. The molecule has 1 saturated heterocycles. The summed E-state index contributed by atoms with van der Waals surface area (Å²) >= 11 is 0. The predicted octanol–water partition coefficient (Wildman–Crippen LogP) is 5.12. The van der Waals surface area contributed by atoms with Crippen LogP contribution in [0.3, 0.4) is 0 Å². The fraction of sp³-hybridized carbons (Fsp3) is 0.500. The monoisotopic (exact) mass is 567 g/mol. The summed E-state index contributed by atoms with van der Waals surface area (Å²) in [6, 6.07) is 18.0. The van der Waals surface area contributed by atoms with Gasteiger partial charge in [0, 0.05) is 33.3 Å². The zero-order chi connectivity index (χ0) is 22.4. The van der Waals surface area contributed by atoms with Gasteiger partial charge in [-0.05, 0) is 62.4 Å². The molecule has 1 fully saturated rings. The molecule has 0 aliphatic carbocycles. The van der Waals surface area contributed by atoms with E-state index >= 15 is 0 Å². The summed E-state index contributed by atoms with van der Waals surface area (Å²) in [5.41, 5.74) is 1.16. The lowest BCUT2D eigenvalue weighted by Gasteiger charge is -2.34. The van der Waals surface area contributed by atoms with E-state index in [9.17, 15) is 0 Å². The maximum absolute atomic E-state index is 5.87. The number of hydrogen-bond acceptors (Lipinski definition) is 4. The smallest absolute Gasteiger partial charge is 0.193 e. The van der Waals surface area contributed by atoms with Gasteiger partial charge in [-0.3, -0.25) is 4.99 Å². The molecule has 0 bridgehead atoms. The number of rotatable bonds is 11. The van der Waals surface area contributed by atoms with Crippen LogP contribution in [0.2, 0.25) is 0 Å². The number of unbranched alkanes of at least 4 members (excludes halogenated alkanes) is 1. The van der Waals surface area contributed by atoms with Crippen LogP contribution in [0.15, 0.2) is 59.6 Å². The highest BCUT2D eigenvalue weighted by Crippen LogP contribution is 2.19. The molecule has 0 amide bonds. The third kappa shape index (κ3) is 9.80. The Morgan fingerprint density at radius 3 is 2.27 bits per heavy atom. The molecule has 1 heterocycles. The number of nitrogens with zero attached hydrogens (tertiary/aromatic N) is 2. The van der Waals surface area contributed by atoms with Crippen molar-refractivity contribution >= 4 is 29.9 Å². The largest absolute Gasteiger partial charge is 0.494 e. The summed E-state index contributed by atoms with van der Waals surface area (Å²) in [6.07, 6.45) is 4.56. The Morgan fingerprint density at radius 1 is 0.970 bits per heavy atom. The standard InChI is InChI=1S/C26H37N3O3.HI/c1-3-30-25-15-18-29(19-16-25)26(27-2)28-17-7-8-20-31-23-11-13-24(14-12-23)32-21-22-9-5-4-6-10-22;/h4-6,9-14,25H,3,7-8,15-21H2,1-2H3,(H,27,28);1H. The summed E-state index contributed by atoms with van der Waals surface area (Å²) in [5.74, 6) is 2.71. The lowest BCUT2D eigenvalue weighted by atomic mass is 10.1. The van der Waals surface area contributed by atoms with Crippen LogP contribution in [-0.4, -0.2) is 56.9 Å². The van der Waals surface area contributed by atoms with E-state index in [1.54, 1.807) is 0 Å². The van der Waals surface area contributed by atoms with Crippen molar-refractivity contribution < 1.29 is 14.2 Å². The maximum atomic E-state index is 5.87. The molecule has 0 aromatic heterocycles. The molecule has 0 spiro atoms. The van der Waals surface area contributed by atoms with Gasteiger partial charge < -0.3 is 24.4 Å². The molecule has 33 heavy (non-hydrogen) atoms. The quantitative estimate of drug-likeness (QED) is 0.177. The van der Waals surface area contributed by atoms with Crippen LogP contribution in [0.1, 0.15) is 38.2 Å². The van der Waals surface area contributed by atoms with Gasteiger partial charge in [0.05, 0.1) is 12.7 Å². The second-order valence-corrected chi connectivity index (χ2v) is 7.92. The molecule has 7 heteroatoms. The first-order chi connectivity index (χ1) is 15.8. The fourth-order valence-electron chi connectivity index (χ4n) is 3.79. The summed E-state index contributed by atoms with van der Waals surface area (Å²) in [6.45, 7) is 7.02. The average molecular weight is 568 g/mol. The first-order valence-corrected chi connectivity index (χ1v) is 11.7. The van der Waals surface area contributed by atoms with Crippen LogP contribution in [0, 0.1) is 0 Å². The number of likely N-dealkylation sites (tertiary alicyclic amines) is 1. The van der Waals surface area contributed by atoms with E-state index in [0.29, 0.717) is 19.3 Å². The molecular weight excluding hydrogens is 529 g/mol. The van der Waals surface area contributed by atoms with E-state index in [-0.39, 0.29) is 24.0 Å². The highest BCUT2D eigenvalue weighted by Gasteiger charge is 2.21. The van der Waals surface area contributed by atoms with Crippen molar-refractivity contribution in [2.75, 3.05) is 39.9 Å². The maximum Gasteiger partial charge on any atom is 0.193 e. The summed E-state index contributed by atoms with van der Waals surface area (Å²) in [5, 5.41) is 3.48. The lowest BCUT2D eigenvalue weighted by Crippen LogP contribution is -2.47. The van der Waals surface area contributed by atoms with Crippen molar-refractivity contribution in [1.82, 2.24) is 10.2 Å². The summed E-state index contributed by atoms with van der Waals surface area (Å²) in [4.78, 5) is 6.77. The van der Waals surface area contributed by atoms with E-state index in [4.69, 9.17) is 14.2 Å². The van der Waals surface area contributed by atoms with Gasteiger partial charge in [0.15, 0.2) is 5.96 Å². The number of ether oxygens (including phenoxy) is 3. The molecule has 1 aliphatic rings. The first-order valence-electron chi connectivity index (χ1n) is 11.7. The Kier molecular flexibility index (Phi) is 13.0. The van der Waals surface area contributed by atoms with Crippen molar-refractivity contribution in [3.8, 4) is 11.5 Å². The molecule has 1 aliphatic heterocycles. The van der Waals surface area contributed by atoms with Crippen LogP contribution < -0.4 is 14.8 Å². The number of aliphatic imine (C=N–C) groups is 1. The topological polar surface area (TPSA) is 55.3 Å². The SMILES string of the molecule is CCOC1CCN(C(=NC)NCCCCOc2ccc(OCc3ccccc3)cc2)CC1.I. The molecule has 3 rings (SSSR count). The molecular formula is C26H38IN3O3. The highest BCUT2D eigenvalue weighted by molar-refractivity contribution is 14.0. The van der Waals surface area contributed by atoms with Crippen LogP contribution in [-0.2, 0) is 11.3 Å². The summed E-state index contributed by atoms with van der Waals surface area (Å²) in [7, 11) is 1.85. The molecule has 0 atom stereocenters. The minimum atomic E-state index is 0. The second-order valence-electron chi connectivity index (χ2n) is 7.92. The van der Waals surface area contributed by atoms with Gasteiger partial charge in [-0.25, -0.2) is 0 Å². The number of hydrogen-bond donors (Lipinski definition) is 1. The number of piperidine rings is 1. The Balaban J connectivity index is 0.00000385. The summed E-state index contributed by atoms with van der Waals surface area (Å²) < 4.78 is 17.4. The molecule has 2 aromatic carbocycles. The van der Waals surface area contributed by atoms with Crippen molar-refractivity contribution in [3.63, 3.8) is 0 Å². The Labute approximate surface area is 215 Å². The average Bonchev–Trinajstić information content (AvgIpc) is 2.84. The molecule has 0 unspecified atom stereocenters. The lowest BCUT2D eigenvalue weighted by molar-refractivity contribution is 0.0264.